The van der Waals surface area contributed by atoms with Gasteiger partial charge in [-0.2, -0.15) is 0 Å². The highest BCUT2D eigenvalue weighted by molar-refractivity contribution is 7.12. The number of hydrogen-bond acceptors (Lipinski definition) is 4. The minimum absolute atomic E-state index is 0.213. The predicted molar refractivity (Wildman–Crippen MR) is 69.8 cm³/mol. The number of terminal acetylenes is 1. The second-order valence-electron chi connectivity index (χ2n) is 4.24. The fraction of sp³-hybridized carbons (Fsp3) is 0.462. The minimum atomic E-state index is -0.313. The number of ether oxygens (including phenoxy) is 1. The van der Waals surface area contributed by atoms with E-state index in [2.05, 4.69) is 16.0 Å². The summed E-state index contributed by atoms with van der Waals surface area (Å²) in [6, 6.07) is 3.95. The third-order valence-electron chi connectivity index (χ3n) is 2.33. The quantitative estimate of drug-likeness (QED) is 0.642. The molecule has 92 valence electrons. The molecule has 0 atom stereocenters. The van der Waals surface area contributed by atoms with Gasteiger partial charge in [0.15, 0.2) is 0 Å². The molecule has 1 heterocycles. The summed E-state index contributed by atoms with van der Waals surface area (Å²) in [4.78, 5) is 13.3. The average Bonchev–Trinajstić information content (AvgIpc) is 2.74. The highest BCUT2D eigenvalue weighted by Crippen LogP contribution is 2.18. The van der Waals surface area contributed by atoms with Gasteiger partial charge < -0.3 is 4.74 Å². The lowest BCUT2D eigenvalue weighted by molar-refractivity contribution is -0.139. The van der Waals surface area contributed by atoms with Crippen LogP contribution in [0.25, 0.3) is 0 Å². The van der Waals surface area contributed by atoms with Crippen LogP contribution in [0, 0.1) is 12.3 Å². The number of hydrogen-bond donors (Lipinski definition) is 1. The fourth-order valence-corrected chi connectivity index (χ4v) is 2.13. The molecular weight excluding hydrogens is 234 g/mol. The topological polar surface area (TPSA) is 38.3 Å². The standard InChI is InChI=1S/C13H17NO2S/c1-5-13(2,3)14-9-11-7-6-10(17-11)8-12(15)16-4/h1,6-7,14H,8-9H2,2-4H3. The van der Waals surface area contributed by atoms with Crippen molar-refractivity contribution in [3.8, 4) is 12.3 Å². The first kappa shape index (κ1) is 13.8. The summed E-state index contributed by atoms with van der Waals surface area (Å²) in [6.07, 6.45) is 5.72. The zero-order valence-electron chi connectivity index (χ0n) is 10.4. The largest absolute Gasteiger partial charge is 0.469 e. The molecule has 3 nitrogen and oxygen atoms in total. The number of methoxy groups -OCH3 is 1. The Morgan fingerprint density at radius 2 is 2.18 bits per heavy atom. The third kappa shape index (κ3) is 4.59. The van der Waals surface area contributed by atoms with E-state index in [1.807, 2.05) is 26.0 Å². The van der Waals surface area contributed by atoms with Crippen molar-refractivity contribution in [2.45, 2.75) is 32.4 Å². The first-order valence-electron chi connectivity index (χ1n) is 5.34. The molecule has 0 unspecified atom stereocenters. The Hall–Kier alpha value is -1.31. The van der Waals surface area contributed by atoms with E-state index in [4.69, 9.17) is 6.42 Å². The van der Waals surface area contributed by atoms with Gasteiger partial charge in [-0.3, -0.25) is 10.1 Å². The summed E-state index contributed by atoms with van der Waals surface area (Å²) >= 11 is 1.60. The van der Waals surface area contributed by atoms with Crippen LogP contribution >= 0.6 is 11.3 Å². The molecule has 0 aliphatic rings. The van der Waals surface area contributed by atoms with Crippen LogP contribution in [-0.2, 0) is 22.5 Å². The normalized spacial score (nSPS) is 10.9. The lowest BCUT2D eigenvalue weighted by Gasteiger charge is -2.18. The Morgan fingerprint density at radius 3 is 2.76 bits per heavy atom. The van der Waals surface area contributed by atoms with Crippen LogP contribution in [0.15, 0.2) is 12.1 Å². The highest BCUT2D eigenvalue weighted by atomic mass is 32.1. The molecule has 1 rings (SSSR count). The summed E-state index contributed by atoms with van der Waals surface area (Å²) in [7, 11) is 1.40. The maximum atomic E-state index is 11.1. The van der Waals surface area contributed by atoms with Crippen molar-refractivity contribution in [2.75, 3.05) is 7.11 Å². The summed E-state index contributed by atoms with van der Waals surface area (Å²) in [5, 5.41) is 3.26. The van der Waals surface area contributed by atoms with Gasteiger partial charge in [0.25, 0.3) is 0 Å². The van der Waals surface area contributed by atoms with E-state index in [1.165, 1.54) is 7.11 Å². The number of carbonyl (C=O) groups excluding carboxylic acids is 1. The van der Waals surface area contributed by atoms with Gasteiger partial charge >= 0.3 is 5.97 Å². The molecule has 4 heteroatoms. The molecule has 0 amide bonds. The lowest BCUT2D eigenvalue weighted by atomic mass is 10.1. The molecule has 1 aromatic rings. The van der Waals surface area contributed by atoms with Crippen LogP contribution in [0.4, 0.5) is 0 Å². The van der Waals surface area contributed by atoms with Gasteiger partial charge in [0.05, 0.1) is 19.1 Å². The molecule has 0 aliphatic carbocycles. The third-order valence-corrected chi connectivity index (χ3v) is 3.41. The van der Waals surface area contributed by atoms with Gasteiger partial charge in [0.1, 0.15) is 0 Å². The zero-order chi connectivity index (χ0) is 12.9. The summed E-state index contributed by atoms with van der Waals surface area (Å²) in [5.41, 5.74) is -0.313. The Balaban J connectivity index is 2.52. The molecule has 0 saturated heterocycles. The second kappa shape index (κ2) is 5.85. The maximum absolute atomic E-state index is 11.1. The molecule has 17 heavy (non-hydrogen) atoms. The first-order chi connectivity index (χ1) is 7.96. The molecule has 0 saturated carbocycles. The first-order valence-corrected chi connectivity index (χ1v) is 6.15. The fourth-order valence-electron chi connectivity index (χ4n) is 1.19. The molecular formula is C13H17NO2S. The molecule has 1 aromatic heterocycles. The van der Waals surface area contributed by atoms with Crippen molar-refractivity contribution >= 4 is 17.3 Å². The average molecular weight is 251 g/mol. The Bertz CT molecular complexity index is 429. The van der Waals surface area contributed by atoms with Gasteiger partial charge in [-0.1, -0.05) is 5.92 Å². The van der Waals surface area contributed by atoms with Crippen LogP contribution < -0.4 is 5.32 Å². The molecule has 0 fully saturated rings. The van der Waals surface area contributed by atoms with Crippen LogP contribution in [0.3, 0.4) is 0 Å². The van der Waals surface area contributed by atoms with E-state index in [0.717, 1.165) is 9.75 Å². The van der Waals surface area contributed by atoms with Crippen LogP contribution in [0.5, 0.6) is 0 Å². The number of carbonyl (C=O) groups is 1. The monoisotopic (exact) mass is 251 g/mol. The molecule has 0 aromatic carbocycles. The Labute approximate surface area is 106 Å². The number of rotatable bonds is 5. The van der Waals surface area contributed by atoms with Crippen molar-refractivity contribution in [1.29, 1.82) is 0 Å². The van der Waals surface area contributed by atoms with E-state index in [0.29, 0.717) is 13.0 Å². The van der Waals surface area contributed by atoms with Gasteiger partial charge in [-0.25, -0.2) is 0 Å². The van der Waals surface area contributed by atoms with Crippen LogP contribution in [0.2, 0.25) is 0 Å². The minimum Gasteiger partial charge on any atom is -0.469 e. The lowest BCUT2D eigenvalue weighted by Crippen LogP contribution is -2.36. The predicted octanol–water partition coefficient (Wildman–Crippen LogP) is 1.97. The number of esters is 1. The number of thiophene rings is 1. The summed E-state index contributed by atoms with van der Waals surface area (Å²) in [5.74, 6) is 2.47. The van der Waals surface area contributed by atoms with Crippen LogP contribution in [-0.4, -0.2) is 18.6 Å². The molecule has 1 N–H and O–H groups in total. The smallest absolute Gasteiger partial charge is 0.310 e. The van der Waals surface area contributed by atoms with Gasteiger partial charge in [0, 0.05) is 16.3 Å². The molecule has 0 aliphatic heterocycles. The Morgan fingerprint density at radius 1 is 1.53 bits per heavy atom. The molecule has 0 radical (unpaired) electrons. The number of nitrogens with one attached hydrogen (secondary N) is 1. The van der Waals surface area contributed by atoms with E-state index < -0.39 is 0 Å². The van der Waals surface area contributed by atoms with Crippen molar-refractivity contribution in [1.82, 2.24) is 5.32 Å². The van der Waals surface area contributed by atoms with Crippen molar-refractivity contribution in [2.24, 2.45) is 0 Å². The second-order valence-corrected chi connectivity index (χ2v) is 5.50. The SMILES string of the molecule is C#CC(C)(C)NCc1ccc(CC(=O)OC)s1. The van der Waals surface area contributed by atoms with Crippen molar-refractivity contribution in [3.63, 3.8) is 0 Å². The molecule has 0 spiro atoms. The van der Waals surface area contributed by atoms with Crippen LogP contribution in [0.1, 0.15) is 23.6 Å². The van der Waals surface area contributed by atoms with Crippen molar-refractivity contribution < 1.29 is 9.53 Å². The van der Waals surface area contributed by atoms with E-state index >= 15 is 0 Å². The van der Waals surface area contributed by atoms with Gasteiger partial charge in [-0.05, 0) is 26.0 Å². The molecule has 0 bridgehead atoms. The van der Waals surface area contributed by atoms with E-state index in [1.54, 1.807) is 11.3 Å². The van der Waals surface area contributed by atoms with E-state index in [9.17, 15) is 4.79 Å². The van der Waals surface area contributed by atoms with E-state index in [-0.39, 0.29) is 11.5 Å². The maximum Gasteiger partial charge on any atom is 0.310 e. The summed E-state index contributed by atoms with van der Waals surface area (Å²) in [6.45, 7) is 4.62. The Kier molecular flexibility index (Phi) is 4.73. The highest BCUT2D eigenvalue weighted by Gasteiger charge is 2.13. The van der Waals surface area contributed by atoms with Crippen molar-refractivity contribution in [3.05, 3.63) is 21.9 Å². The van der Waals surface area contributed by atoms with Gasteiger partial charge in [0.2, 0.25) is 0 Å². The zero-order valence-corrected chi connectivity index (χ0v) is 11.2. The van der Waals surface area contributed by atoms with Gasteiger partial charge in [-0.15, -0.1) is 17.8 Å². The summed E-state index contributed by atoms with van der Waals surface area (Å²) < 4.78 is 4.62.